The van der Waals surface area contributed by atoms with Crippen molar-refractivity contribution in [2.45, 2.75) is 52.0 Å². The zero-order valence-corrected chi connectivity index (χ0v) is 12.2. The highest BCUT2D eigenvalue weighted by Crippen LogP contribution is 2.41. The van der Waals surface area contributed by atoms with Gasteiger partial charge in [0.25, 0.3) is 0 Å². The first kappa shape index (κ1) is 13.0. The summed E-state index contributed by atoms with van der Waals surface area (Å²) in [6.45, 7) is 7.16. The average Bonchev–Trinajstić information content (AvgIpc) is 2.39. The second-order valence-corrected chi connectivity index (χ2v) is 6.95. The van der Waals surface area contributed by atoms with Crippen LogP contribution in [0.3, 0.4) is 0 Å². The number of phenolic OH excluding ortho intramolecular Hbond substituents is 1. The van der Waals surface area contributed by atoms with E-state index in [1.54, 1.807) is 0 Å². The van der Waals surface area contributed by atoms with Crippen molar-refractivity contribution in [3.05, 3.63) is 29.3 Å². The predicted molar refractivity (Wildman–Crippen MR) is 78.4 cm³/mol. The monoisotopic (exact) mass is 259 g/mol. The molecular formula is C17H25NO. The Morgan fingerprint density at radius 1 is 1.21 bits per heavy atom. The van der Waals surface area contributed by atoms with Crippen LogP contribution in [0.1, 0.15) is 56.7 Å². The number of phenols is 1. The van der Waals surface area contributed by atoms with Gasteiger partial charge in [-0.15, -0.1) is 0 Å². The lowest BCUT2D eigenvalue weighted by Gasteiger charge is -2.43. The van der Waals surface area contributed by atoms with Crippen molar-refractivity contribution >= 4 is 0 Å². The average molecular weight is 259 g/mol. The number of piperidine rings is 1. The molecule has 1 fully saturated rings. The van der Waals surface area contributed by atoms with Crippen LogP contribution < -0.4 is 0 Å². The lowest BCUT2D eigenvalue weighted by atomic mass is 9.80. The zero-order chi connectivity index (χ0) is 13.5. The van der Waals surface area contributed by atoms with E-state index in [9.17, 15) is 5.11 Å². The fourth-order valence-electron chi connectivity index (χ4n) is 3.62. The van der Waals surface area contributed by atoms with Crippen molar-refractivity contribution in [2.75, 3.05) is 13.1 Å². The quantitative estimate of drug-likeness (QED) is 0.827. The van der Waals surface area contributed by atoms with Gasteiger partial charge in [0.2, 0.25) is 0 Å². The summed E-state index contributed by atoms with van der Waals surface area (Å²) in [5, 5.41) is 10.0. The van der Waals surface area contributed by atoms with E-state index < -0.39 is 0 Å². The number of aromatic hydroxyl groups is 1. The number of fused-ring (bicyclic) bond motifs is 1. The van der Waals surface area contributed by atoms with Crippen LogP contribution in [0.15, 0.2) is 18.2 Å². The normalized spacial score (nSPS) is 26.9. The van der Waals surface area contributed by atoms with Gasteiger partial charge in [-0.3, -0.25) is 4.90 Å². The van der Waals surface area contributed by atoms with Crippen molar-refractivity contribution in [2.24, 2.45) is 5.41 Å². The summed E-state index contributed by atoms with van der Waals surface area (Å²) in [6, 6.07) is 6.59. The number of benzene rings is 1. The number of nitrogens with zero attached hydrogens (tertiary/aromatic N) is 1. The van der Waals surface area contributed by atoms with E-state index in [2.05, 4.69) is 24.8 Å². The molecule has 1 heterocycles. The third-order valence-electron chi connectivity index (χ3n) is 5.04. The lowest BCUT2D eigenvalue weighted by molar-refractivity contribution is 0.0854. The van der Waals surface area contributed by atoms with Crippen molar-refractivity contribution < 1.29 is 5.11 Å². The van der Waals surface area contributed by atoms with Gasteiger partial charge in [-0.2, -0.15) is 0 Å². The first-order valence-electron chi connectivity index (χ1n) is 7.62. The van der Waals surface area contributed by atoms with Crippen LogP contribution in [-0.2, 0) is 6.42 Å². The Morgan fingerprint density at radius 2 is 1.95 bits per heavy atom. The minimum atomic E-state index is 0.500. The van der Waals surface area contributed by atoms with Crippen molar-refractivity contribution in [1.29, 1.82) is 0 Å². The van der Waals surface area contributed by atoms with Crippen molar-refractivity contribution in [1.82, 2.24) is 4.90 Å². The van der Waals surface area contributed by atoms with Gasteiger partial charge in [0.05, 0.1) is 0 Å². The van der Waals surface area contributed by atoms with E-state index in [1.807, 2.05) is 12.1 Å². The molecule has 0 bridgehead atoms. The topological polar surface area (TPSA) is 23.5 Å². The van der Waals surface area contributed by atoms with Gasteiger partial charge in [-0.05, 0) is 67.8 Å². The molecule has 1 aliphatic heterocycles. The lowest BCUT2D eigenvalue weighted by Crippen LogP contribution is -2.40. The van der Waals surface area contributed by atoms with E-state index in [0.29, 0.717) is 17.2 Å². The SMILES string of the molecule is CC1(C)CCN(C2CCCc3c(O)cccc32)CC1. The molecule has 2 aliphatic rings. The van der Waals surface area contributed by atoms with Crippen LogP contribution in [0, 0.1) is 5.41 Å². The maximum Gasteiger partial charge on any atom is 0.119 e. The Bertz CT molecular complexity index is 456. The number of hydrogen-bond acceptors (Lipinski definition) is 2. The fourth-order valence-corrected chi connectivity index (χ4v) is 3.62. The summed E-state index contributed by atoms with van der Waals surface area (Å²) in [6.07, 6.45) is 6.07. The highest BCUT2D eigenvalue weighted by molar-refractivity contribution is 5.42. The fraction of sp³-hybridized carbons (Fsp3) is 0.647. The molecule has 1 aromatic rings. The molecular weight excluding hydrogens is 234 g/mol. The zero-order valence-electron chi connectivity index (χ0n) is 12.2. The summed E-state index contributed by atoms with van der Waals surface area (Å²) in [7, 11) is 0. The molecule has 3 rings (SSSR count). The predicted octanol–water partition coefficient (Wildman–Crippen LogP) is 3.89. The van der Waals surface area contributed by atoms with Gasteiger partial charge >= 0.3 is 0 Å². The van der Waals surface area contributed by atoms with Crippen LogP contribution in [0.25, 0.3) is 0 Å². The third kappa shape index (κ3) is 2.51. The van der Waals surface area contributed by atoms with Gasteiger partial charge in [0, 0.05) is 6.04 Å². The third-order valence-corrected chi connectivity index (χ3v) is 5.04. The molecule has 0 saturated carbocycles. The molecule has 2 nitrogen and oxygen atoms in total. The summed E-state index contributed by atoms with van der Waals surface area (Å²) >= 11 is 0. The Balaban J connectivity index is 1.83. The summed E-state index contributed by atoms with van der Waals surface area (Å²) in [5.41, 5.74) is 3.09. The standard InChI is InChI=1S/C17H25NO/c1-17(2)9-11-18(12-10-17)15-7-3-6-14-13(15)5-4-8-16(14)19/h4-5,8,15,19H,3,6-7,9-12H2,1-2H3. The van der Waals surface area contributed by atoms with Crippen molar-refractivity contribution in [3.8, 4) is 5.75 Å². The minimum Gasteiger partial charge on any atom is -0.508 e. The molecule has 1 unspecified atom stereocenters. The van der Waals surface area contributed by atoms with E-state index in [0.717, 1.165) is 6.42 Å². The number of rotatable bonds is 1. The van der Waals surface area contributed by atoms with E-state index in [-0.39, 0.29) is 0 Å². The van der Waals surface area contributed by atoms with Crippen LogP contribution in [-0.4, -0.2) is 23.1 Å². The van der Waals surface area contributed by atoms with Crippen LogP contribution in [0.2, 0.25) is 0 Å². The highest BCUT2D eigenvalue weighted by Gasteiger charge is 2.32. The number of hydrogen-bond donors (Lipinski definition) is 1. The molecule has 1 atom stereocenters. The van der Waals surface area contributed by atoms with E-state index >= 15 is 0 Å². The summed E-state index contributed by atoms with van der Waals surface area (Å²) in [5.74, 6) is 0.500. The minimum absolute atomic E-state index is 0.500. The van der Waals surface area contributed by atoms with Gasteiger partial charge in [0.1, 0.15) is 5.75 Å². The molecule has 2 heteroatoms. The van der Waals surface area contributed by atoms with E-state index in [1.165, 1.54) is 49.9 Å². The highest BCUT2D eigenvalue weighted by atomic mass is 16.3. The molecule has 1 N–H and O–H groups in total. The molecule has 1 aromatic carbocycles. The Kier molecular flexibility index (Phi) is 3.30. The molecule has 0 radical (unpaired) electrons. The van der Waals surface area contributed by atoms with Gasteiger partial charge < -0.3 is 5.11 Å². The Labute approximate surface area is 116 Å². The molecule has 104 valence electrons. The second kappa shape index (κ2) is 4.82. The first-order chi connectivity index (χ1) is 9.07. The van der Waals surface area contributed by atoms with Gasteiger partial charge in [0.15, 0.2) is 0 Å². The van der Waals surface area contributed by atoms with Gasteiger partial charge in [-0.1, -0.05) is 26.0 Å². The molecule has 0 aromatic heterocycles. The maximum absolute atomic E-state index is 10.0. The maximum atomic E-state index is 10.0. The first-order valence-corrected chi connectivity index (χ1v) is 7.62. The smallest absolute Gasteiger partial charge is 0.119 e. The molecule has 0 spiro atoms. The van der Waals surface area contributed by atoms with E-state index in [4.69, 9.17) is 0 Å². The number of likely N-dealkylation sites (tertiary alicyclic amines) is 1. The van der Waals surface area contributed by atoms with Crippen LogP contribution in [0.4, 0.5) is 0 Å². The summed E-state index contributed by atoms with van der Waals surface area (Å²) < 4.78 is 0. The van der Waals surface area contributed by atoms with Crippen molar-refractivity contribution in [3.63, 3.8) is 0 Å². The largest absolute Gasteiger partial charge is 0.508 e. The second-order valence-electron chi connectivity index (χ2n) is 6.95. The molecule has 19 heavy (non-hydrogen) atoms. The molecule has 1 saturated heterocycles. The Hall–Kier alpha value is -1.02. The summed E-state index contributed by atoms with van der Waals surface area (Å²) in [4.78, 5) is 2.64. The molecule has 0 amide bonds. The Morgan fingerprint density at radius 3 is 2.68 bits per heavy atom. The van der Waals surface area contributed by atoms with Crippen LogP contribution in [0.5, 0.6) is 5.75 Å². The van der Waals surface area contributed by atoms with Crippen LogP contribution >= 0.6 is 0 Å². The van der Waals surface area contributed by atoms with Gasteiger partial charge in [-0.25, -0.2) is 0 Å². The molecule has 1 aliphatic carbocycles.